The maximum Gasteiger partial charge on any atom is 0.160 e. The van der Waals surface area contributed by atoms with Crippen molar-refractivity contribution in [2.45, 2.75) is 6.67 Å². The van der Waals surface area contributed by atoms with E-state index in [1.807, 2.05) is 0 Å². The number of rotatable bonds is 2. The van der Waals surface area contributed by atoms with Crippen molar-refractivity contribution in [2.75, 3.05) is 0 Å². The fraction of sp³-hybridized carbons (Fsp3) is 0.167. The van der Waals surface area contributed by atoms with Gasteiger partial charge in [-0.1, -0.05) is 0 Å². The number of thiophene rings is 1. The van der Waals surface area contributed by atoms with E-state index < -0.39 is 6.67 Å². The minimum Gasteiger partial charge on any atom is -0.297 e. The van der Waals surface area contributed by atoms with E-state index in [4.69, 9.17) is 0 Å². The largest absolute Gasteiger partial charge is 0.297 e. The SMILES string of the molecule is O=Cc1ccc(CF)s1. The molecule has 0 fully saturated rings. The third-order valence-corrected chi connectivity index (χ3v) is 1.91. The summed E-state index contributed by atoms with van der Waals surface area (Å²) in [6.45, 7) is -0.474. The summed E-state index contributed by atoms with van der Waals surface area (Å²) in [5, 5.41) is 0. The first-order chi connectivity index (χ1) is 4.36. The van der Waals surface area contributed by atoms with Gasteiger partial charge >= 0.3 is 0 Å². The van der Waals surface area contributed by atoms with E-state index in [0.29, 0.717) is 9.75 Å². The highest BCUT2D eigenvalue weighted by molar-refractivity contribution is 7.13. The lowest BCUT2D eigenvalue weighted by Gasteiger charge is -1.77. The van der Waals surface area contributed by atoms with Crippen molar-refractivity contribution in [3.05, 3.63) is 21.9 Å². The maximum absolute atomic E-state index is 11.8. The van der Waals surface area contributed by atoms with Crippen LogP contribution in [0.2, 0.25) is 0 Å². The molecule has 0 saturated heterocycles. The quantitative estimate of drug-likeness (QED) is 0.580. The molecule has 0 N–H and O–H groups in total. The van der Waals surface area contributed by atoms with Crippen LogP contribution in [0.1, 0.15) is 14.5 Å². The Morgan fingerprint density at radius 2 is 2.44 bits per heavy atom. The Morgan fingerprint density at radius 1 is 1.67 bits per heavy atom. The molecule has 0 amide bonds. The summed E-state index contributed by atoms with van der Waals surface area (Å²) in [6.07, 6.45) is 0.726. The molecular formula is C6H5FOS. The van der Waals surface area contributed by atoms with Crippen molar-refractivity contribution < 1.29 is 9.18 Å². The number of halogens is 1. The fourth-order valence-corrected chi connectivity index (χ4v) is 1.21. The van der Waals surface area contributed by atoms with Crippen molar-refractivity contribution in [2.24, 2.45) is 0 Å². The molecule has 48 valence electrons. The highest BCUT2D eigenvalue weighted by Gasteiger charge is 1.95. The minimum atomic E-state index is -0.474. The van der Waals surface area contributed by atoms with E-state index in [2.05, 4.69) is 0 Å². The molecule has 0 spiro atoms. The molecular weight excluding hydrogens is 139 g/mol. The standard InChI is InChI=1S/C6H5FOS/c7-3-5-1-2-6(4-8)9-5/h1-2,4H,3H2. The molecule has 1 aromatic heterocycles. The van der Waals surface area contributed by atoms with Gasteiger partial charge in [-0.3, -0.25) is 4.79 Å². The first-order valence-electron chi connectivity index (χ1n) is 2.46. The monoisotopic (exact) mass is 144 g/mol. The molecule has 1 nitrogen and oxygen atoms in total. The van der Waals surface area contributed by atoms with E-state index >= 15 is 0 Å². The van der Waals surface area contributed by atoms with Gasteiger partial charge in [0, 0.05) is 4.88 Å². The third-order valence-electron chi connectivity index (χ3n) is 0.930. The Labute approximate surface area is 56.1 Å². The van der Waals surface area contributed by atoms with Crippen LogP contribution in [0.4, 0.5) is 4.39 Å². The molecule has 1 aromatic rings. The highest BCUT2D eigenvalue weighted by Crippen LogP contribution is 2.14. The maximum atomic E-state index is 11.8. The zero-order valence-electron chi connectivity index (χ0n) is 4.63. The van der Waals surface area contributed by atoms with Gasteiger partial charge in [0.2, 0.25) is 0 Å². The molecule has 0 aromatic carbocycles. The van der Waals surface area contributed by atoms with Gasteiger partial charge in [-0.05, 0) is 12.1 Å². The molecule has 0 bridgehead atoms. The molecule has 3 heteroatoms. The number of hydrogen-bond acceptors (Lipinski definition) is 2. The first-order valence-corrected chi connectivity index (χ1v) is 3.28. The zero-order valence-corrected chi connectivity index (χ0v) is 5.45. The smallest absolute Gasteiger partial charge is 0.160 e. The van der Waals surface area contributed by atoms with Crippen LogP contribution in [-0.4, -0.2) is 6.29 Å². The second-order valence-corrected chi connectivity index (χ2v) is 2.76. The zero-order chi connectivity index (χ0) is 6.69. The van der Waals surface area contributed by atoms with Crippen molar-refractivity contribution in [3.8, 4) is 0 Å². The minimum absolute atomic E-state index is 0.474. The van der Waals surface area contributed by atoms with Crippen LogP contribution >= 0.6 is 11.3 Å². The van der Waals surface area contributed by atoms with E-state index in [9.17, 15) is 9.18 Å². The summed E-state index contributed by atoms with van der Waals surface area (Å²) in [7, 11) is 0. The summed E-state index contributed by atoms with van der Waals surface area (Å²) >= 11 is 1.19. The molecule has 9 heavy (non-hydrogen) atoms. The molecule has 0 aliphatic rings. The van der Waals surface area contributed by atoms with Gasteiger partial charge in [-0.15, -0.1) is 11.3 Å². The average molecular weight is 144 g/mol. The van der Waals surface area contributed by atoms with Crippen LogP contribution in [0.3, 0.4) is 0 Å². The van der Waals surface area contributed by atoms with Crippen LogP contribution in [0.25, 0.3) is 0 Å². The Kier molecular flexibility index (Phi) is 1.95. The second kappa shape index (κ2) is 2.73. The molecule has 1 heterocycles. The number of aldehydes is 1. The fourth-order valence-electron chi connectivity index (χ4n) is 0.530. The number of alkyl halides is 1. The van der Waals surface area contributed by atoms with Gasteiger partial charge in [-0.25, -0.2) is 4.39 Å². The average Bonchev–Trinajstić information content (AvgIpc) is 2.34. The van der Waals surface area contributed by atoms with Gasteiger partial charge < -0.3 is 0 Å². The van der Waals surface area contributed by atoms with Crippen molar-refractivity contribution in [3.63, 3.8) is 0 Å². The summed E-state index contributed by atoms with van der Waals surface area (Å²) in [5.41, 5.74) is 0. The van der Waals surface area contributed by atoms with E-state index in [0.717, 1.165) is 6.29 Å². The van der Waals surface area contributed by atoms with Gasteiger partial charge in [0.15, 0.2) is 6.29 Å². The normalized spacial score (nSPS) is 9.44. The Morgan fingerprint density at radius 3 is 2.78 bits per heavy atom. The number of hydrogen-bond donors (Lipinski definition) is 0. The predicted octanol–water partition coefficient (Wildman–Crippen LogP) is 2.03. The van der Waals surface area contributed by atoms with E-state index in [1.54, 1.807) is 12.1 Å². The van der Waals surface area contributed by atoms with Gasteiger partial charge in [0.1, 0.15) is 6.67 Å². The second-order valence-electron chi connectivity index (χ2n) is 1.56. The van der Waals surface area contributed by atoms with Crippen LogP contribution in [0.5, 0.6) is 0 Å². The van der Waals surface area contributed by atoms with Crippen LogP contribution in [0, 0.1) is 0 Å². The van der Waals surface area contributed by atoms with Crippen molar-refractivity contribution >= 4 is 17.6 Å². The lowest BCUT2D eigenvalue weighted by atomic mass is 10.4. The topological polar surface area (TPSA) is 17.1 Å². The lowest BCUT2D eigenvalue weighted by molar-refractivity contribution is 0.112. The highest BCUT2D eigenvalue weighted by atomic mass is 32.1. The Balaban J connectivity index is 2.86. The molecule has 0 unspecified atom stereocenters. The first kappa shape index (κ1) is 6.42. The lowest BCUT2D eigenvalue weighted by Crippen LogP contribution is -1.63. The van der Waals surface area contributed by atoms with Gasteiger partial charge in [0.05, 0.1) is 4.88 Å². The number of carbonyl (C=O) groups is 1. The molecule has 0 saturated carbocycles. The van der Waals surface area contributed by atoms with Crippen LogP contribution < -0.4 is 0 Å². The van der Waals surface area contributed by atoms with Crippen LogP contribution in [0.15, 0.2) is 12.1 Å². The summed E-state index contributed by atoms with van der Waals surface area (Å²) < 4.78 is 11.8. The summed E-state index contributed by atoms with van der Waals surface area (Å²) in [5.74, 6) is 0. The van der Waals surface area contributed by atoms with Crippen molar-refractivity contribution in [1.29, 1.82) is 0 Å². The Hall–Kier alpha value is -0.700. The molecule has 0 aliphatic carbocycles. The molecule has 0 radical (unpaired) electrons. The predicted molar refractivity (Wildman–Crippen MR) is 34.5 cm³/mol. The molecule has 1 rings (SSSR count). The van der Waals surface area contributed by atoms with E-state index in [-0.39, 0.29) is 0 Å². The molecule has 0 atom stereocenters. The summed E-state index contributed by atoms with van der Waals surface area (Å²) in [4.78, 5) is 11.2. The number of carbonyl (C=O) groups excluding carboxylic acids is 1. The summed E-state index contributed by atoms with van der Waals surface area (Å²) in [6, 6.07) is 3.24. The van der Waals surface area contributed by atoms with Crippen molar-refractivity contribution in [1.82, 2.24) is 0 Å². The Bertz CT molecular complexity index is 207. The van der Waals surface area contributed by atoms with Gasteiger partial charge in [0.25, 0.3) is 0 Å². The molecule has 0 aliphatic heterocycles. The van der Waals surface area contributed by atoms with Gasteiger partial charge in [-0.2, -0.15) is 0 Å². The van der Waals surface area contributed by atoms with Crippen LogP contribution in [-0.2, 0) is 6.67 Å². The third kappa shape index (κ3) is 1.36. The van der Waals surface area contributed by atoms with E-state index in [1.165, 1.54) is 11.3 Å².